The predicted molar refractivity (Wildman–Crippen MR) is 85.5 cm³/mol. The van der Waals surface area contributed by atoms with E-state index in [0.717, 1.165) is 28.6 Å². The smallest absolute Gasteiger partial charge is 0.274 e. The van der Waals surface area contributed by atoms with E-state index in [1.165, 1.54) is 6.33 Å². The van der Waals surface area contributed by atoms with E-state index in [1.54, 1.807) is 6.07 Å². The minimum absolute atomic E-state index is 0.235. The Morgan fingerprint density at radius 1 is 1.29 bits per heavy atom. The molecule has 2 aromatic rings. The van der Waals surface area contributed by atoms with Crippen molar-refractivity contribution in [2.24, 2.45) is 0 Å². The fraction of sp³-hybridized carbons (Fsp3) is 0.267. The third-order valence-corrected chi connectivity index (χ3v) is 3.76. The minimum atomic E-state index is -0.235. The Bertz CT molecular complexity index is 685. The number of hydrogen-bond acceptors (Lipinski definition) is 4. The van der Waals surface area contributed by atoms with E-state index in [9.17, 15) is 4.79 Å². The highest BCUT2D eigenvalue weighted by Gasteiger charge is 2.21. The standard InChI is InChI=1S/C15H15BrN4O/c1-9-6-10(16)2-5-12(9)20-15(21)13-7-14(18-8-17-13)19-11-3-4-11/h2,5-8,11H,3-4H2,1H3,(H,20,21)(H,17,18,19). The van der Waals surface area contributed by atoms with Gasteiger partial charge in [-0.2, -0.15) is 0 Å². The third kappa shape index (κ3) is 3.58. The van der Waals surface area contributed by atoms with Crippen LogP contribution in [0.3, 0.4) is 0 Å². The van der Waals surface area contributed by atoms with Crippen molar-refractivity contribution < 1.29 is 4.79 Å². The number of carbonyl (C=O) groups excluding carboxylic acids is 1. The van der Waals surface area contributed by atoms with E-state index in [1.807, 2.05) is 25.1 Å². The fourth-order valence-electron chi connectivity index (χ4n) is 1.95. The van der Waals surface area contributed by atoms with Crippen LogP contribution in [-0.2, 0) is 0 Å². The topological polar surface area (TPSA) is 66.9 Å². The molecule has 21 heavy (non-hydrogen) atoms. The summed E-state index contributed by atoms with van der Waals surface area (Å²) in [6.45, 7) is 1.94. The van der Waals surface area contributed by atoms with Crippen molar-refractivity contribution in [2.75, 3.05) is 10.6 Å². The molecule has 2 N–H and O–H groups in total. The van der Waals surface area contributed by atoms with Crippen molar-refractivity contribution in [2.45, 2.75) is 25.8 Å². The maximum Gasteiger partial charge on any atom is 0.274 e. The molecule has 108 valence electrons. The number of anilines is 2. The van der Waals surface area contributed by atoms with Crippen LogP contribution in [0.1, 0.15) is 28.9 Å². The zero-order valence-electron chi connectivity index (χ0n) is 11.6. The molecular formula is C15H15BrN4O. The maximum atomic E-state index is 12.3. The lowest BCUT2D eigenvalue weighted by molar-refractivity contribution is 0.102. The van der Waals surface area contributed by atoms with Gasteiger partial charge >= 0.3 is 0 Å². The highest BCUT2D eigenvalue weighted by molar-refractivity contribution is 9.10. The molecule has 0 atom stereocenters. The molecule has 6 heteroatoms. The van der Waals surface area contributed by atoms with Crippen molar-refractivity contribution in [1.29, 1.82) is 0 Å². The summed E-state index contributed by atoms with van der Waals surface area (Å²) in [6.07, 6.45) is 3.72. The summed E-state index contributed by atoms with van der Waals surface area (Å²) >= 11 is 3.40. The van der Waals surface area contributed by atoms with Gasteiger partial charge in [0.25, 0.3) is 5.91 Å². The molecule has 1 fully saturated rings. The van der Waals surface area contributed by atoms with Gasteiger partial charge in [0.05, 0.1) is 0 Å². The number of nitrogens with zero attached hydrogens (tertiary/aromatic N) is 2. The Labute approximate surface area is 131 Å². The first-order valence-electron chi connectivity index (χ1n) is 6.78. The molecule has 1 heterocycles. The highest BCUT2D eigenvalue weighted by atomic mass is 79.9. The molecule has 0 unspecified atom stereocenters. The average molecular weight is 347 g/mol. The Morgan fingerprint density at radius 3 is 2.81 bits per heavy atom. The predicted octanol–water partition coefficient (Wildman–Crippen LogP) is 3.37. The maximum absolute atomic E-state index is 12.3. The second kappa shape index (κ2) is 5.81. The normalized spacial score (nSPS) is 13.8. The number of rotatable bonds is 4. The zero-order valence-corrected chi connectivity index (χ0v) is 13.1. The van der Waals surface area contributed by atoms with Gasteiger partial charge in [-0.15, -0.1) is 0 Å². The summed E-state index contributed by atoms with van der Waals surface area (Å²) in [4.78, 5) is 20.4. The van der Waals surface area contributed by atoms with Crippen molar-refractivity contribution in [3.63, 3.8) is 0 Å². The Kier molecular flexibility index (Phi) is 3.88. The molecule has 0 spiro atoms. The van der Waals surface area contributed by atoms with Crippen molar-refractivity contribution in [3.8, 4) is 0 Å². The van der Waals surface area contributed by atoms with Crippen LogP contribution in [0, 0.1) is 6.92 Å². The number of aryl methyl sites for hydroxylation is 1. The van der Waals surface area contributed by atoms with Crippen molar-refractivity contribution >= 4 is 33.3 Å². The van der Waals surface area contributed by atoms with Gasteiger partial charge in [-0.25, -0.2) is 9.97 Å². The van der Waals surface area contributed by atoms with Crippen LogP contribution in [0.4, 0.5) is 11.5 Å². The Hall–Kier alpha value is -1.95. The van der Waals surface area contributed by atoms with Crippen molar-refractivity contribution in [1.82, 2.24) is 9.97 Å². The molecule has 1 saturated carbocycles. The average Bonchev–Trinajstić information content (AvgIpc) is 3.26. The van der Waals surface area contributed by atoms with E-state index in [0.29, 0.717) is 17.6 Å². The molecule has 0 saturated heterocycles. The molecular weight excluding hydrogens is 332 g/mol. The summed E-state index contributed by atoms with van der Waals surface area (Å²) in [7, 11) is 0. The molecule has 0 bridgehead atoms. The molecule has 5 nitrogen and oxygen atoms in total. The highest BCUT2D eigenvalue weighted by Crippen LogP contribution is 2.24. The molecule has 3 rings (SSSR count). The van der Waals surface area contributed by atoms with Gasteiger partial charge in [-0.1, -0.05) is 15.9 Å². The minimum Gasteiger partial charge on any atom is -0.367 e. The number of hydrogen-bond donors (Lipinski definition) is 2. The molecule has 1 aliphatic carbocycles. The zero-order chi connectivity index (χ0) is 14.8. The summed E-state index contributed by atoms with van der Waals surface area (Å²) in [5.41, 5.74) is 2.12. The first-order chi connectivity index (χ1) is 10.1. The Balaban J connectivity index is 1.75. The van der Waals surface area contributed by atoms with Gasteiger partial charge in [-0.05, 0) is 43.5 Å². The van der Waals surface area contributed by atoms with Gasteiger partial charge < -0.3 is 10.6 Å². The van der Waals surface area contributed by atoms with Gasteiger partial charge in [0, 0.05) is 22.3 Å². The van der Waals surface area contributed by atoms with E-state index < -0.39 is 0 Å². The summed E-state index contributed by atoms with van der Waals surface area (Å²) in [6, 6.07) is 7.88. The van der Waals surface area contributed by atoms with Crippen LogP contribution in [-0.4, -0.2) is 21.9 Å². The van der Waals surface area contributed by atoms with Crippen LogP contribution >= 0.6 is 15.9 Å². The number of amides is 1. The quantitative estimate of drug-likeness (QED) is 0.890. The van der Waals surface area contributed by atoms with Gasteiger partial charge in [0.2, 0.25) is 0 Å². The lowest BCUT2D eigenvalue weighted by Crippen LogP contribution is -2.15. The van der Waals surface area contributed by atoms with Crippen molar-refractivity contribution in [3.05, 3.63) is 46.3 Å². The van der Waals surface area contributed by atoms with E-state index >= 15 is 0 Å². The summed E-state index contributed by atoms with van der Waals surface area (Å²) in [5, 5.41) is 6.13. The number of nitrogens with one attached hydrogen (secondary N) is 2. The third-order valence-electron chi connectivity index (χ3n) is 3.27. The SMILES string of the molecule is Cc1cc(Br)ccc1NC(=O)c1cc(NC2CC2)ncn1. The van der Waals surface area contributed by atoms with Crippen LogP contribution in [0.15, 0.2) is 35.1 Å². The monoisotopic (exact) mass is 346 g/mol. The number of aromatic nitrogens is 2. The second-order valence-corrected chi connectivity index (χ2v) is 6.04. The molecule has 0 aliphatic heterocycles. The fourth-order valence-corrected chi connectivity index (χ4v) is 2.43. The van der Waals surface area contributed by atoms with E-state index in [2.05, 4.69) is 36.5 Å². The van der Waals surface area contributed by atoms with Gasteiger partial charge in [-0.3, -0.25) is 4.79 Å². The lowest BCUT2D eigenvalue weighted by Gasteiger charge is -2.09. The van der Waals surface area contributed by atoms with E-state index in [4.69, 9.17) is 0 Å². The molecule has 0 radical (unpaired) electrons. The summed E-state index contributed by atoms with van der Waals surface area (Å²) < 4.78 is 0.982. The van der Waals surface area contributed by atoms with Gasteiger partial charge in [0.15, 0.2) is 0 Å². The summed E-state index contributed by atoms with van der Waals surface area (Å²) in [5.74, 6) is 0.465. The molecule has 1 aromatic heterocycles. The molecule has 1 amide bonds. The number of benzene rings is 1. The van der Waals surface area contributed by atoms with Crippen LogP contribution in [0.5, 0.6) is 0 Å². The largest absolute Gasteiger partial charge is 0.367 e. The first-order valence-corrected chi connectivity index (χ1v) is 7.57. The van der Waals surface area contributed by atoms with E-state index in [-0.39, 0.29) is 5.91 Å². The second-order valence-electron chi connectivity index (χ2n) is 5.12. The first kappa shape index (κ1) is 14.0. The van der Waals surface area contributed by atoms with Crippen LogP contribution in [0.25, 0.3) is 0 Å². The number of carbonyl (C=O) groups is 1. The number of halogens is 1. The molecule has 1 aromatic carbocycles. The van der Waals surface area contributed by atoms with Crippen LogP contribution in [0.2, 0.25) is 0 Å². The van der Waals surface area contributed by atoms with Crippen LogP contribution < -0.4 is 10.6 Å². The Morgan fingerprint density at radius 2 is 2.10 bits per heavy atom. The van der Waals surface area contributed by atoms with Gasteiger partial charge in [0.1, 0.15) is 17.8 Å². The lowest BCUT2D eigenvalue weighted by atomic mass is 10.2. The molecule has 1 aliphatic rings.